The molecular formula is C22H21N3O4S. The lowest BCUT2D eigenvalue weighted by Crippen LogP contribution is -2.30. The number of hydrogen-bond acceptors (Lipinski definition) is 6. The van der Waals surface area contributed by atoms with E-state index >= 15 is 0 Å². The molecule has 1 aliphatic rings. The Morgan fingerprint density at radius 1 is 1.23 bits per heavy atom. The normalized spacial score (nSPS) is 14.9. The van der Waals surface area contributed by atoms with Crippen molar-refractivity contribution in [1.29, 1.82) is 0 Å². The number of anilines is 1. The average molecular weight is 423 g/mol. The number of carbonyl (C=O) groups is 2. The number of rotatable bonds is 6. The minimum atomic E-state index is -0.274. The van der Waals surface area contributed by atoms with Gasteiger partial charge in [-0.05, 0) is 30.3 Å². The first kappa shape index (κ1) is 19.9. The van der Waals surface area contributed by atoms with E-state index in [2.05, 4.69) is 15.6 Å². The first-order valence-corrected chi connectivity index (χ1v) is 10.4. The zero-order valence-corrected chi connectivity index (χ0v) is 17.2. The van der Waals surface area contributed by atoms with Crippen molar-refractivity contribution >= 4 is 28.3 Å². The molecular weight excluding hydrogens is 402 g/mol. The summed E-state index contributed by atoms with van der Waals surface area (Å²) < 4.78 is 11.2. The van der Waals surface area contributed by atoms with Crippen molar-refractivity contribution in [3.63, 3.8) is 0 Å². The molecule has 154 valence electrons. The lowest BCUT2D eigenvalue weighted by Gasteiger charge is -2.26. The van der Waals surface area contributed by atoms with Gasteiger partial charge in [0, 0.05) is 29.9 Å². The molecule has 8 heteroatoms. The maximum atomic E-state index is 12.1. The summed E-state index contributed by atoms with van der Waals surface area (Å²) in [6.07, 6.45) is 0.718. The van der Waals surface area contributed by atoms with Crippen LogP contribution in [0.2, 0.25) is 0 Å². The lowest BCUT2D eigenvalue weighted by molar-refractivity contribution is -0.120. The second-order valence-corrected chi connectivity index (χ2v) is 7.69. The Labute approximate surface area is 178 Å². The SMILES string of the molecule is CC(=O)NC1CCOc2ccc(-c3csc(NC(=O)COc4ccccc4)n3)cc21. The van der Waals surface area contributed by atoms with Crippen LogP contribution in [-0.2, 0) is 9.59 Å². The van der Waals surface area contributed by atoms with Crippen molar-refractivity contribution in [3.8, 4) is 22.8 Å². The van der Waals surface area contributed by atoms with Crippen LogP contribution in [0.15, 0.2) is 53.9 Å². The molecule has 1 unspecified atom stereocenters. The Bertz CT molecular complexity index is 1050. The fraction of sp³-hybridized carbons (Fsp3) is 0.227. The molecule has 1 aliphatic heterocycles. The van der Waals surface area contributed by atoms with Crippen LogP contribution in [0.25, 0.3) is 11.3 Å². The molecule has 2 aromatic carbocycles. The van der Waals surface area contributed by atoms with Gasteiger partial charge in [0.1, 0.15) is 11.5 Å². The van der Waals surface area contributed by atoms with Crippen molar-refractivity contribution in [2.45, 2.75) is 19.4 Å². The first-order chi connectivity index (χ1) is 14.6. The topological polar surface area (TPSA) is 89.6 Å². The monoisotopic (exact) mass is 423 g/mol. The largest absolute Gasteiger partial charge is 0.493 e. The Morgan fingerprint density at radius 3 is 2.87 bits per heavy atom. The summed E-state index contributed by atoms with van der Waals surface area (Å²) in [5.74, 6) is 1.06. The number of fused-ring (bicyclic) bond motifs is 1. The number of ether oxygens (including phenoxy) is 2. The van der Waals surface area contributed by atoms with Crippen LogP contribution in [0, 0.1) is 0 Å². The van der Waals surface area contributed by atoms with Gasteiger partial charge in [0.25, 0.3) is 5.91 Å². The summed E-state index contributed by atoms with van der Waals surface area (Å²) in [7, 11) is 0. The van der Waals surface area contributed by atoms with E-state index in [0.29, 0.717) is 17.5 Å². The third kappa shape index (κ3) is 4.77. The van der Waals surface area contributed by atoms with E-state index in [0.717, 1.165) is 29.0 Å². The Morgan fingerprint density at radius 2 is 2.07 bits per heavy atom. The van der Waals surface area contributed by atoms with E-state index in [1.165, 1.54) is 18.3 Å². The van der Waals surface area contributed by atoms with Crippen LogP contribution in [-0.4, -0.2) is 30.0 Å². The van der Waals surface area contributed by atoms with E-state index in [-0.39, 0.29) is 24.5 Å². The molecule has 2 N–H and O–H groups in total. The average Bonchev–Trinajstić information content (AvgIpc) is 3.21. The van der Waals surface area contributed by atoms with E-state index in [1.807, 2.05) is 41.8 Å². The summed E-state index contributed by atoms with van der Waals surface area (Å²) in [5.41, 5.74) is 2.57. The summed E-state index contributed by atoms with van der Waals surface area (Å²) in [6, 6.07) is 14.9. The zero-order valence-electron chi connectivity index (χ0n) is 16.4. The molecule has 0 spiro atoms. The highest BCUT2D eigenvalue weighted by atomic mass is 32.1. The summed E-state index contributed by atoms with van der Waals surface area (Å²) in [6.45, 7) is 1.98. The molecule has 4 rings (SSSR count). The third-order valence-corrected chi connectivity index (χ3v) is 5.34. The highest BCUT2D eigenvalue weighted by Gasteiger charge is 2.23. The molecule has 0 bridgehead atoms. The van der Waals surface area contributed by atoms with Crippen molar-refractivity contribution in [3.05, 3.63) is 59.5 Å². The predicted molar refractivity (Wildman–Crippen MR) is 115 cm³/mol. The van der Waals surface area contributed by atoms with E-state index in [9.17, 15) is 9.59 Å². The standard InChI is InChI=1S/C22H21N3O4S/c1-14(26)23-18-9-10-28-20-8-7-15(11-17(18)20)19-13-30-22(24-19)25-21(27)12-29-16-5-3-2-4-6-16/h2-8,11,13,18H,9-10,12H2,1H3,(H,23,26)(H,24,25,27). The summed E-state index contributed by atoms with van der Waals surface area (Å²) in [5, 5.41) is 8.11. The number of nitrogens with zero attached hydrogens (tertiary/aromatic N) is 1. The number of nitrogens with one attached hydrogen (secondary N) is 2. The van der Waals surface area contributed by atoms with Gasteiger partial charge in [-0.1, -0.05) is 18.2 Å². The van der Waals surface area contributed by atoms with Crippen LogP contribution in [0.1, 0.15) is 24.9 Å². The second kappa shape index (κ2) is 8.96. The van der Waals surface area contributed by atoms with Gasteiger partial charge in [0.05, 0.1) is 18.3 Å². The van der Waals surface area contributed by atoms with Crippen molar-refractivity contribution in [2.75, 3.05) is 18.5 Å². The van der Waals surface area contributed by atoms with Gasteiger partial charge >= 0.3 is 0 Å². The molecule has 30 heavy (non-hydrogen) atoms. The molecule has 7 nitrogen and oxygen atoms in total. The van der Waals surface area contributed by atoms with Crippen LogP contribution >= 0.6 is 11.3 Å². The number of para-hydroxylation sites is 1. The highest BCUT2D eigenvalue weighted by Crippen LogP contribution is 2.36. The Balaban J connectivity index is 1.43. The summed E-state index contributed by atoms with van der Waals surface area (Å²) >= 11 is 1.34. The van der Waals surface area contributed by atoms with E-state index < -0.39 is 0 Å². The predicted octanol–water partition coefficient (Wildman–Crippen LogP) is 3.79. The molecule has 3 aromatic rings. The highest BCUT2D eigenvalue weighted by molar-refractivity contribution is 7.14. The van der Waals surface area contributed by atoms with Gasteiger partial charge in [0.2, 0.25) is 5.91 Å². The van der Waals surface area contributed by atoms with E-state index in [4.69, 9.17) is 9.47 Å². The smallest absolute Gasteiger partial charge is 0.264 e. The van der Waals surface area contributed by atoms with Crippen molar-refractivity contribution in [1.82, 2.24) is 10.3 Å². The number of carbonyl (C=O) groups excluding carboxylic acids is 2. The number of thiazole rings is 1. The molecule has 2 heterocycles. The lowest BCUT2D eigenvalue weighted by atomic mass is 9.97. The molecule has 0 aliphatic carbocycles. The number of amides is 2. The molecule has 1 aromatic heterocycles. The molecule has 1 atom stereocenters. The maximum Gasteiger partial charge on any atom is 0.264 e. The molecule has 0 fully saturated rings. The quantitative estimate of drug-likeness (QED) is 0.630. The second-order valence-electron chi connectivity index (χ2n) is 6.83. The van der Waals surface area contributed by atoms with Gasteiger partial charge in [-0.25, -0.2) is 4.98 Å². The maximum absolute atomic E-state index is 12.1. The van der Waals surface area contributed by atoms with Gasteiger partial charge in [-0.2, -0.15) is 0 Å². The molecule has 0 saturated heterocycles. The zero-order chi connectivity index (χ0) is 20.9. The molecule has 0 radical (unpaired) electrons. The summed E-state index contributed by atoms with van der Waals surface area (Å²) in [4.78, 5) is 28.2. The van der Waals surface area contributed by atoms with Gasteiger partial charge in [0.15, 0.2) is 11.7 Å². The number of hydrogen-bond donors (Lipinski definition) is 2. The number of aromatic nitrogens is 1. The fourth-order valence-electron chi connectivity index (χ4n) is 3.23. The third-order valence-electron chi connectivity index (χ3n) is 4.59. The van der Waals surface area contributed by atoms with Crippen LogP contribution in [0.3, 0.4) is 0 Å². The van der Waals surface area contributed by atoms with Crippen LogP contribution in [0.4, 0.5) is 5.13 Å². The van der Waals surface area contributed by atoms with Crippen molar-refractivity contribution < 1.29 is 19.1 Å². The van der Waals surface area contributed by atoms with Crippen molar-refractivity contribution in [2.24, 2.45) is 0 Å². The molecule has 2 amide bonds. The van der Waals surface area contributed by atoms with Gasteiger partial charge in [-0.3, -0.25) is 14.9 Å². The van der Waals surface area contributed by atoms with Gasteiger partial charge in [-0.15, -0.1) is 11.3 Å². The van der Waals surface area contributed by atoms with Gasteiger partial charge < -0.3 is 14.8 Å². The molecule has 0 saturated carbocycles. The first-order valence-electron chi connectivity index (χ1n) is 9.56. The minimum absolute atomic E-state index is 0.0744. The Kier molecular flexibility index (Phi) is 5.94. The van der Waals surface area contributed by atoms with E-state index in [1.54, 1.807) is 12.1 Å². The Hall–Kier alpha value is -3.39. The van der Waals surface area contributed by atoms with Crippen LogP contribution in [0.5, 0.6) is 11.5 Å². The number of benzene rings is 2. The fourth-order valence-corrected chi connectivity index (χ4v) is 3.97. The minimum Gasteiger partial charge on any atom is -0.493 e. The van der Waals surface area contributed by atoms with Crippen LogP contribution < -0.4 is 20.1 Å².